The molecule has 0 saturated heterocycles. The molecule has 0 heterocycles. The molecule has 0 fully saturated rings. The second-order valence-electron chi connectivity index (χ2n) is 0. The Morgan fingerprint density at radius 1 is 1.25 bits per heavy atom. The molecule has 0 rings (SSSR count). The van der Waals surface area contributed by atoms with E-state index in [1.165, 1.54) is 0 Å². The van der Waals surface area contributed by atoms with Crippen LogP contribution in [0.1, 0.15) is 1.43 Å². The Morgan fingerprint density at radius 3 is 1.25 bits per heavy atom. The fourth-order valence-electron chi connectivity index (χ4n) is 0. The predicted octanol–water partition coefficient (Wildman–Crippen LogP) is -3.75. The summed E-state index contributed by atoms with van der Waals surface area (Å²) in [5.41, 5.74) is 0. The normalized spacial score (nSPS) is 0. The molecule has 0 aromatic rings. The van der Waals surface area contributed by atoms with Crippen LogP contribution < -0.4 is 35.7 Å². The van der Waals surface area contributed by atoms with Gasteiger partial charge in [0.05, 0.1) is 0 Å². The van der Waals surface area contributed by atoms with Crippen molar-refractivity contribution >= 4 is 17.4 Å². The summed E-state index contributed by atoms with van der Waals surface area (Å²) in [6.45, 7) is 0. The van der Waals surface area contributed by atoms with Gasteiger partial charge in [0.15, 0.2) is 17.4 Å². The molecule has 0 amide bonds. The third kappa shape index (κ3) is 9.93. The van der Waals surface area contributed by atoms with Crippen LogP contribution in [0.15, 0.2) is 0 Å². The third-order valence-corrected chi connectivity index (χ3v) is 0. The summed E-state index contributed by atoms with van der Waals surface area (Å²) in [6, 6.07) is 0. The maximum absolute atomic E-state index is 0. The van der Waals surface area contributed by atoms with Crippen LogP contribution in [0.2, 0.25) is 0 Å². The molecule has 1 nitrogen and oxygen atoms in total. The van der Waals surface area contributed by atoms with Crippen LogP contribution in [-0.4, -0.2) is 17.4 Å². The van der Waals surface area contributed by atoms with Crippen molar-refractivity contribution in [2.75, 3.05) is 0 Å². The van der Waals surface area contributed by atoms with Gasteiger partial charge < -0.3 is 7.58 Å². The average Bonchev–Trinajstić information content (AvgIpc) is 0. The minimum absolute atomic E-state index is 0. The van der Waals surface area contributed by atoms with Crippen LogP contribution in [0.25, 0.3) is 0 Å². The van der Waals surface area contributed by atoms with E-state index in [-0.39, 0.29) is 59.2 Å². The van der Waals surface area contributed by atoms with Gasteiger partial charge in [-0.1, -0.05) is 0 Å². The van der Waals surface area contributed by atoms with E-state index in [4.69, 9.17) is 0 Å². The maximum Gasteiger partial charge on any atom is 1.00 e. The SMILES string of the molecule is F.N.[AlH3].[H-].[Na+]. The zero-order valence-corrected chi connectivity index (χ0v) is 4.12. The molecule has 0 spiro atoms. The van der Waals surface area contributed by atoms with Gasteiger partial charge in [-0.2, -0.15) is 0 Å². The first kappa shape index (κ1) is 52.4. The van der Waals surface area contributed by atoms with Crippen LogP contribution in [-0.2, 0) is 0 Å². The molecule has 0 unspecified atom stereocenters. The smallest absolute Gasteiger partial charge is 1.00 e. The van der Waals surface area contributed by atoms with Crippen molar-refractivity contribution in [3.05, 3.63) is 0 Å². The molecule has 0 radical (unpaired) electrons. The molecule has 0 aliphatic heterocycles. The number of hydrogen-bond donors (Lipinski definition) is 1. The molecule has 0 aromatic carbocycles. The van der Waals surface area contributed by atoms with Crippen LogP contribution in [0.4, 0.5) is 4.70 Å². The molecular weight excluding hydrogens is 83.0 g/mol. The third-order valence-electron chi connectivity index (χ3n) is 0. The zero-order chi connectivity index (χ0) is 0. The summed E-state index contributed by atoms with van der Waals surface area (Å²) in [4.78, 5) is 0. The minimum atomic E-state index is 0. The van der Waals surface area contributed by atoms with Crippen molar-refractivity contribution < 1.29 is 35.7 Å². The van der Waals surface area contributed by atoms with Crippen LogP contribution in [0, 0.1) is 0 Å². The van der Waals surface area contributed by atoms with E-state index in [1.807, 2.05) is 0 Å². The predicted molar refractivity (Wildman–Crippen MR) is 18.6 cm³/mol. The van der Waals surface area contributed by atoms with Gasteiger partial charge in [-0.05, 0) is 0 Å². The average molecular weight is 91.0 g/mol. The minimum Gasteiger partial charge on any atom is -1.00 e. The molecule has 0 aliphatic carbocycles. The number of halogens is 1. The molecular formula is H8AlFNNa. The van der Waals surface area contributed by atoms with Crippen LogP contribution in [0.5, 0.6) is 0 Å². The van der Waals surface area contributed by atoms with E-state index < -0.39 is 0 Å². The molecule has 4 heavy (non-hydrogen) atoms. The van der Waals surface area contributed by atoms with Gasteiger partial charge in [-0.25, -0.2) is 0 Å². The first-order valence-corrected chi connectivity index (χ1v) is 0. The molecule has 24 valence electrons. The van der Waals surface area contributed by atoms with Crippen molar-refractivity contribution in [1.82, 2.24) is 6.15 Å². The largest absolute Gasteiger partial charge is 1.00 e. The van der Waals surface area contributed by atoms with E-state index in [0.29, 0.717) is 0 Å². The van der Waals surface area contributed by atoms with E-state index >= 15 is 0 Å². The van der Waals surface area contributed by atoms with E-state index in [2.05, 4.69) is 0 Å². The molecule has 0 aromatic heterocycles. The van der Waals surface area contributed by atoms with Crippen LogP contribution in [0.3, 0.4) is 0 Å². The summed E-state index contributed by atoms with van der Waals surface area (Å²) in [7, 11) is 0. The summed E-state index contributed by atoms with van der Waals surface area (Å²) >= 11 is 0. The van der Waals surface area contributed by atoms with E-state index in [1.54, 1.807) is 0 Å². The Bertz CT molecular complexity index is 11.6. The number of rotatable bonds is 0. The molecule has 0 bridgehead atoms. The van der Waals surface area contributed by atoms with Gasteiger partial charge >= 0.3 is 29.6 Å². The van der Waals surface area contributed by atoms with E-state index in [0.717, 1.165) is 0 Å². The standard InChI is InChI=1S/Al.FH.H3N.Na.4H/h;1H;1H3;;;;;/q;;;+1;;;;-1. The summed E-state index contributed by atoms with van der Waals surface area (Å²) < 4.78 is 0. The number of hydrogen-bond acceptors (Lipinski definition) is 1. The van der Waals surface area contributed by atoms with Gasteiger partial charge in [0.1, 0.15) is 0 Å². The van der Waals surface area contributed by atoms with Gasteiger partial charge in [0.25, 0.3) is 0 Å². The zero-order valence-electron chi connectivity index (χ0n) is 3.12. The fourth-order valence-corrected chi connectivity index (χ4v) is 0. The first-order valence-electron chi connectivity index (χ1n) is 0. The van der Waals surface area contributed by atoms with Gasteiger partial charge in [-0.3, -0.25) is 4.70 Å². The van der Waals surface area contributed by atoms with Crippen molar-refractivity contribution in [3.63, 3.8) is 0 Å². The van der Waals surface area contributed by atoms with E-state index in [9.17, 15) is 0 Å². The van der Waals surface area contributed by atoms with Gasteiger partial charge in [0.2, 0.25) is 0 Å². The van der Waals surface area contributed by atoms with Gasteiger partial charge in [0, 0.05) is 0 Å². The van der Waals surface area contributed by atoms with Crippen LogP contribution >= 0.6 is 0 Å². The Labute approximate surface area is 59.0 Å². The topological polar surface area (TPSA) is 35.0 Å². The second-order valence-corrected chi connectivity index (χ2v) is 0. The Morgan fingerprint density at radius 2 is 1.25 bits per heavy atom. The Kier molecular flexibility index (Phi) is 335. The molecule has 3 N–H and O–H groups in total. The van der Waals surface area contributed by atoms with Crippen molar-refractivity contribution in [2.24, 2.45) is 0 Å². The van der Waals surface area contributed by atoms with Gasteiger partial charge in [-0.15, -0.1) is 0 Å². The quantitative estimate of drug-likeness (QED) is 0.305. The Balaban J connectivity index is 0. The molecule has 4 heteroatoms. The monoisotopic (exact) mass is 91.0 g/mol. The Hall–Kier alpha value is 1.42. The second kappa shape index (κ2) is 25.6. The molecule has 0 saturated carbocycles. The first-order chi connectivity index (χ1) is 0. The van der Waals surface area contributed by atoms with Crippen molar-refractivity contribution in [1.29, 1.82) is 0 Å². The summed E-state index contributed by atoms with van der Waals surface area (Å²) in [6.07, 6.45) is 0. The maximum atomic E-state index is 0. The molecule has 0 aliphatic rings. The van der Waals surface area contributed by atoms with Crippen molar-refractivity contribution in [2.45, 2.75) is 0 Å². The molecule has 0 atom stereocenters. The summed E-state index contributed by atoms with van der Waals surface area (Å²) in [5.74, 6) is 0. The summed E-state index contributed by atoms with van der Waals surface area (Å²) in [5, 5.41) is 0. The van der Waals surface area contributed by atoms with Crippen molar-refractivity contribution in [3.8, 4) is 0 Å². The fraction of sp³-hybridized carbons (Fsp3) is 0.